The molecule has 0 aliphatic carbocycles. The zero-order valence-corrected chi connectivity index (χ0v) is 10.0. The van der Waals surface area contributed by atoms with Crippen molar-refractivity contribution in [2.24, 2.45) is 0 Å². The molecule has 30 heavy (non-hydrogen) atoms. The second-order valence-corrected chi connectivity index (χ2v) is 0. The average molecular weight is 600 g/mol. The summed E-state index contributed by atoms with van der Waals surface area (Å²) in [6.45, 7) is 0. The maximum absolute atomic E-state index is 0. The van der Waals surface area contributed by atoms with Gasteiger partial charge in [0.1, 0.15) is 0 Å². The molecule has 0 aromatic carbocycles. The molecule has 0 atom stereocenters. The monoisotopic (exact) mass is 600 g/mol. The van der Waals surface area contributed by atoms with Gasteiger partial charge in [0.15, 0.2) is 0 Å². The van der Waals surface area contributed by atoms with Crippen LogP contribution in [0.4, 0.5) is 0 Å². The molecule has 180 valence electrons. The van der Waals surface area contributed by atoms with Crippen LogP contribution in [-0.2, 0) is 0 Å². The van der Waals surface area contributed by atoms with Crippen LogP contribution in [0.1, 0.15) is 0 Å². The molecule has 0 aromatic rings. The third-order valence-electron chi connectivity index (χ3n) is 0. The van der Waals surface area contributed by atoms with E-state index in [0.717, 1.165) is 0 Å². The van der Waals surface area contributed by atoms with Crippen molar-refractivity contribution in [1.82, 2.24) is 0 Å². The molecular weight excluding hydrogens is 550 g/mol. The van der Waals surface area contributed by atoms with E-state index < -0.39 is 0 Å². The third kappa shape index (κ3) is 576. The zero-order chi connectivity index (χ0) is 0. The molecule has 0 aromatic heterocycles. The Balaban J connectivity index is 0. The van der Waals surface area contributed by atoms with E-state index in [2.05, 4.69) is 0 Å². The predicted octanol–water partition coefficient (Wildman–Crippen LogP) is -23.0. The van der Waals surface area contributed by atoms with Gasteiger partial charge in [0, 0.05) is 0 Å². The van der Waals surface area contributed by atoms with Crippen LogP contribution in [-0.4, -0.2) is 405 Å². The maximum atomic E-state index is 0. The summed E-state index contributed by atoms with van der Waals surface area (Å²) in [5.74, 6) is 0. The molecule has 30 heteroatoms. The summed E-state index contributed by atoms with van der Waals surface area (Å²) >= 11 is 0. The van der Waals surface area contributed by atoms with Crippen molar-refractivity contribution in [2.45, 2.75) is 0 Å². The van der Waals surface area contributed by atoms with Gasteiger partial charge in [-0.2, -0.15) is 0 Å². The van der Waals surface area contributed by atoms with Gasteiger partial charge >= 0.3 is 296 Å². The molecule has 0 fully saturated rings. The molecule has 0 radical (unpaired) electrons. The van der Waals surface area contributed by atoms with Gasteiger partial charge in [-0.05, 0) is 0 Å². The Kier molecular flexibility index (Phi) is 14100. The number of hydrogen-bond acceptors (Lipinski definition) is 0. The fourth-order valence-electron chi connectivity index (χ4n) is 0. The van der Waals surface area contributed by atoms with Crippen LogP contribution >= 0.6 is 0 Å². The quantitative estimate of drug-likeness (QED) is 0.234. The van der Waals surface area contributed by atoms with Crippen molar-refractivity contribution in [3.63, 3.8) is 0 Å². The van der Waals surface area contributed by atoms with E-state index in [1.54, 1.807) is 0 Å². The first-order valence-corrected chi connectivity index (χ1v) is 0. The predicted molar refractivity (Wildman–Crippen MR) is 144 cm³/mol. The van der Waals surface area contributed by atoms with Crippen molar-refractivity contribution < 1.29 is 110 Å². The van der Waals surface area contributed by atoms with Crippen LogP contribution in [0.25, 0.3) is 0 Å². The molecule has 0 rings (SSSR count). The van der Waals surface area contributed by atoms with Crippen molar-refractivity contribution in [2.75, 3.05) is 0 Å². The Hall–Kier alpha value is 9.20. The standard InChI is InChI=1S/10Na.20H2O.10H/h;;;;;;;;;;20*1H2;;;;;;;;;;. The van der Waals surface area contributed by atoms with Crippen molar-refractivity contribution in [3.8, 4) is 0 Å². The van der Waals surface area contributed by atoms with Gasteiger partial charge in [-0.25, -0.2) is 0 Å². The Labute approximate surface area is 395 Å². The van der Waals surface area contributed by atoms with E-state index in [9.17, 15) is 0 Å². The Morgan fingerprint density at radius 2 is 0.0667 bits per heavy atom. The van der Waals surface area contributed by atoms with E-state index >= 15 is 0 Å². The molecule has 0 bridgehead atoms. The van der Waals surface area contributed by atoms with Crippen molar-refractivity contribution in [1.29, 1.82) is 0 Å². The summed E-state index contributed by atoms with van der Waals surface area (Å²) in [6, 6.07) is 0. The molecule has 0 spiro atoms. The molecule has 0 amide bonds. The van der Waals surface area contributed by atoms with Gasteiger partial charge in [-0.3, -0.25) is 0 Å². The molecule has 40 N–H and O–H groups in total. The van der Waals surface area contributed by atoms with Crippen LogP contribution in [0, 0.1) is 0 Å². The van der Waals surface area contributed by atoms with Crippen LogP contribution in [0.5, 0.6) is 0 Å². The number of rotatable bonds is 0. The molecule has 0 aliphatic heterocycles. The summed E-state index contributed by atoms with van der Waals surface area (Å²) < 4.78 is 0. The summed E-state index contributed by atoms with van der Waals surface area (Å²) in [7, 11) is 0. The zero-order valence-electron chi connectivity index (χ0n) is 10.0. The SMILES string of the molecule is O.O.O.O.O.O.O.O.O.O.O.O.O.O.O.O.O.O.O.O.[NaH].[NaH].[NaH].[NaH].[NaH].[NaH].[NaH].[NaH].[NaH].[NaH]. The van der Waals surface area contributed by atoms with E-state index in [1.807, 2.05) is 0 Å². The van der Waals surface area contributed by atoms with Gasteiger partial charge in [-0.1, -0.05) is 0 Å². The first-order chi connectivity index (χ1) is 0. The molecule has 0 aliphatic rings. The Morgan fingerprint density at radius 3 is 0.0667 bits per heavy atom. The van der Waals surface area contributed by atoms with E-state index in [0.29, 0.717) is 0 Å². The third-order valence-corrected chi connectivity index (χ3v) is 0. The second-order valence-electron chi connectivity index (χ2n) is 0. The van der Waals surface area contributed by atoms with E-state index in [1.165, 1.54) is 0 Å². The summed E-state index contributed by atoms with van der Waals surface area (Å²) in [5.41, 5.74) is 0. The van der Waals surface area contributed by atoms with Gasteiger partial charge in [0.25, 0.3) is 0 Å². The van der Waals surface area contributed by atoms with Crippen LogP contribution in [0.15, 0.2) is 0 Å². The Bertz CT molecular complexity index is 27.5. The first-order valence-electron chi connectivity index (χ1n) is 0. The fourth-order valence-corrected chi connectivity index (χ4v) is 0. The molecule has 0 heterocycles. The number of hydrogen-bond donors (Lipinski definition) is 0. The summed E-state index contributed by atoms with van der Waals surface area (Å²) in [4.78, 5) is 0. The minimum absolute atomic E-state index is 0. The molecular formula is H50Na10O20. The molecule has 0 saturated carbocycles. The van der Waals surface area contributed by atoms with Gasteiger partial charge < -0.3 is 110 Å². The van der Waals surface area contributed by atoms with Crippen LogP contribution in [0.3, 0.4) is 0 Å². The molecule has 0 unspecified atom stereocenters. The van der Waals surface area contributed by atoms with Gasteiger partial charge in [0.2, 0.25) is 0 Å². The normalized spacial score (nSPS) is 0. The summed E-state index contributed by atoms with van der Waals surface area (Å²) in [5, 5.41) is 0. The van der Waals surface area contributed by atoms with Crippen LogP contribution < -0.4 is 0 Å². The van der Waals surface area contributed by atoms with Crippen molar-refractivity contribution in [3.05, 3.63) is 0 Å². The molecule has 20 nitrogen and oxygen atoms in total. The fraction of sp³-hybridized carbons (Fsp3) is 0. The van der Waals surface area contributed by atoms with E-state index in [-0.39, 0.29) is 405 Å². The van der Waals surface area contributed by atoms with Gasteiger partial charge in [0.05, 0.1) is 0 Å². The minimum atomic E-state index is 0. The van der Waals surface area contributed by atoms with Crippen molar-refractivity contribution >= 4 is 296 Å². The van der Waals surface area contributed by atoms with Gasteiger partial charge in [-0.15, -0.1) is 0 Å². The summed E-state index contributed by atoms with van der Waals surface area (Å²) in [6.07, 6.45) is 0. The topological polar surface area (TPSA) is 630 Å². The second kappa shape index (κ2) is 625. The average Bonchev–Trinajstić information content (AvgIpc) is 0. The first kappa shape index (κ1) is 676. The van der Waals surface area contributed by atoms with Crippen LogP contribution in [0.2, 0.25) is 0 Å². The molecule has 0 saturated heterocycles. The van der Waals surface area contributed by atoms with E-state index in [4.69, 9.17) is 0 Å². The Morgan fingerprint density at radius 1 is 0.0667 bits per heavy atom.